The molecule has 4 rings (SSSR count). The smallest absolute Gasteiger partial charge is 0.292 e. The van der Waals surface area contributed by atoms with Gasteiger partial charge in [0.1, 0.15) is 5.75 Å². The second kappa shape index (κ2) is 9.69. The van der Waals surface area contributed by atoms with Gasteiger partial charge < -0.3 is 10.5 Å². The minimum absolute atomic E-state index is 0.0615. The lowest BCUT2D eigenvalue weighted by Gasteiger charge is -2.30. The van der Waals surface area contributed by atoms with Crippen LogP contribution in [0.5, 0.6) is 5.75 Å². The lowest BCUT2D eigenvalue weighted by molar-refractivity contribution is 0.0934. The number of anilines is 1. The number of carbonyl (C=O) groups is 1. The van der Waals surface area contributed by atoms with Crippen molar-refractivity contribution in [2.24, 2.45) is 5.92 Å². The number of rotatable bonds is 8. The van der Waals surface area contributed by atoms with E-state index in [0.29, 0.717) is 23.9 Å². The number of carbonyl (C=O) groups excluding carboxylic acids is 1. The third-order valence-electron chi connectivity index (χ3n) is 5.69. The largest absolute Gasteiger partial charge is 0.497 e. The number of piperidine rings is 1. The fourth-order valence-corrected chi connectivity index (χ4v) is 3.62. The molecule has 1 aliphatic heterocycles. The molecule has 0 aliphatic carbocycles. The molecule has 12 heteroatoms. The van der Waals surface area contributed by atoms with Crippen LogP contribution in [-0.2, 0) is 6.54 Å². The third kappa shape index (κ3) is 4.95. The number of nitrogen functional groups attached to an aromatic ring is 1. The van der Waals surface area contributed by atoms with Gasteiger partial charge in [-0.15, -0.1) is 5.10 Å². The molecule has 0 atom stereocenters. The number of aromatic nitrogens is 5. The SMILES string of the molecule is C=C(NNC(=O)c1nnn(-c2nonc2N)c1CN1CCC(C)CC1)c1ccc(OC)cc1. The number of benzene rings is 1. The van der Waals surface area contributed by atoms with Crippen LogP contribution in [0.1, 0.15) is 41.5 Å². The molecule has 1 aliphatic rings. The van der Waals surface area contributed by atoms with Crippen LogP contribution in [0.25, 0.3) is 11.5 Å². The number of methoxy groups -OCH3 is 1. The highest BCUT2D eigenvalue weighted by Gasteiger charge is 2.27. The maximum absolute atomic E-state index is 13.0. The predicted molar refractivity (Wildman–Crippen MR) is 120 cm³/mol. The Kier molecular flexibility index (Phi) is 6.54. The molecule has 1 amide bonds. The van der Waals surface area contributed by atoms with Crippen LogP contribution in [0.4, 0.5) is 5.82 Å². The molecule has 174 valence electrons. The molecule has 0 unspecified atom stereocenters. The van der Waals surface area contributed by atoms with Crippen LogP contribution >= 0.6 is 0 Å². The molecule has 33 heavy (non-hydrogen) atoms. The van der Waals surface area contributed by atoms with E-state index in [9.17, 15) is 4.79 Å². The lowest BCUT2D eigenvalue weighted by Crippen LogP contribution is -2.38. The normalized spacial score (nSPS) is 14.7. The maximum Gasteiger partial charge on any atom is 0.292 e. The standard InChI is InChI=1S/C21H27N9O3/c1-13-8-10-29(11-9-13)12-17-18(24-28-30(17)20-19(22)26-33-27-20)21(31)25-23-14(2)15-4-6-16(32-3)7-5-15/h4-7,13,23H,2,8-12H2,1,3H3,(H2,22,26)(H,25,31). The first-order valence-electron chi connectivity index (χ1n) is 10.6. The Labute approximate surface area is 190 Å². The maximum atomic E-state index is 13.0. The fourth-order valence-electron chi connectivity index (χ4n) is 3.62. The zero-order valence-electron chi connectivity index (χ0n) is 18.6. The van der Waals surface area contributed by atoms with Crippen molar-refractivity contribution in [3.05, 3.63) is 47.8 Å². The summed E-state index contributed by atoms with van der Waals surface area (Å²) >= 11 is 0. The third-order valence-corrected chi connectivity index (χ3v) is 5.69. The van der Waals surface area contributed by atoms with Crippen molar-refractivity contribution < 1.29 is 14.2 Å². The Morgan fingerprint density at radius 2 is 1.97 bits per heavy atom. The second-order valence-electron chi connectivity index (χ2n) is 8.01. The van der Waals surface area contributed by atoms with Crippen molar-refractivity contribution in [3.8, 4) is 11.6 Å². The summed E-state index contributed by atoms with van der Waals surface area (Å²) in [7, 11) is 1.60. The van der Waals surface area contributed by atoms with Gasteiger partial charge in [-0.2, -0.15) is 4.68 Å². The Balaban J connectivity index is 1.51. The molecular formula is C21H27N9O3. The highest BCUT2D eigenvalue weighted by Crippen LogP contribution is 2.22. The van der Waals surface area contributed by atoms with Crippen LogP contribution in [-0.4, -0.2) is 56.3 Å². The molecule has 0 bridgehead atoms. The van der Waals surface area contributed by atoms with E-state index in [1.807, 2.05) is 24.3 Å². The summed E-state index contributed by atoms with van der Waals surface area (Å²) in [6, 6.07) is 7.28. The van der Waals surface area contributed by atoms with Crippen LogP contribution in [0.2, 0.25) is 0 Å². The van der Waals surface area contributed by atoms with Gasteiger partial charge in [-0.05, 0) is 72.0 Å². The van der Waals surface area contributed by atoms with Crippen molar-refractivity contribution in [3.63, 3.8) is 0 Å². The first-order valence-corrected chi connectivity index (χ1v) is 10.6. The fraction of sp³-hybridized carbons (Fsp3) is 0.381. The summed E-state index contributed by atoms with van der Waals surface area (Å²) in [5.74, 6) is 1.19. The molecule has 1 fully saturated rings. The molecule has 12 nitrogen and oxygen atoms in total. The van der Waals surface area contributed by atoms with Gasteiger partial charge in [0.05, 0.1) is 18.5 Å². The first-order chi connectivity index (χ1) is 16.0. The number of nitrogens with one attached hydrogen (secondary N) is 2. The van der Waals surface area contributed by atoms with Gasteiger partial charge in [0.25, 0.3) is 5.91 Å². The Bertz CT molecular complexity index is 1110. The molecular weight excluding hydrogens is 426 g/mol. The molecule has 1 saturated heterocycles. The Hall–Kier alpha value is -3.93. The zero-order chi connectivity index (χ0) is 23.4. The average molecular weight is 454 g/mol. The van der Waals surface area contributed by atoms with Crippen LogP contribution in [0.3, 0.4) is 0 Å². The van der Waals surface area contributed by atoms with E-state index >= 15 is 0 Å². The van der Waals surface area contributed by atoms with E-state index in [2.05, 4.69) is 49.9 Å². The number of nitrogens with two attached hydrogens (primary N) is 1. The molecule has 2 aromatic heterocycles. The molecule has 4 N–H and O–H groups in total. The van der Waals surface area contributed by atoms with Crippen LogP contribution in [0, 0.1) is 5.92 Å². The number of hydrazine groups is 1. The number of amides is 1. The van der Waals surface area contributed by atoms with Gasteiger partial charge in [-0.1, -0.05) is 18.7 Å². The number of ether oxygens (including phenoxy) is 1. The molecule has 0 saturated carbocycles. The summed E-state index contributed by atoms with van der Waals surface area (Å²) in [6.45, 7) is 8.48. The monoisotopic (exact) mass is 453 g/mol. The zero-order valence-corrected chi connectivity index (χ0v) is 18.6. The predicted octanol–water partition coefficient (Wildman–Crippen LogP) is 1.38. The molecule has 3 aromatic rings. The molecule has 1 aromatic carbocycles. The van der Waals surface area contributed by atoms with Crippen molar-refractivity contribution >= 4 is 17.4 Å². The highest BCUT2D eigenvalue weighted by atomic mass is 16.6. The summed E-state index contributed by atoms with van der Waals surface area (Å²) < 4.78 is 11.3. The Morgan fingerprint density at radius 3 is 2.61 bits per heavy atom. The molecule has 0 radical (unpaired) electrons. The van der Waals surface area contributed by atoms with Gasteiger partial charge >= 0.3 is 0 Å². The van der Waals surface area contributed by atoms with Crippen LogP contribution < -0.4 is 21.3 Å². The van der Waals surface area contributed by atoms with Gasteiger partial charge in [0.15, 0.2) is 5.69 Å². The number of hydrogen-bond acceptors (Lipinski definition) is 10. The van der Waals surface area contributed by atoms with E-state index in [0.717, 1.165) is 37.2 Å². The quantitative estimate of drug-likeness (QED) is 0.427. The van der Waals surface area contributed by atoms with Crippen molar-refractivity contribution in [2.45, 2.75) is 26.3 Å². The summed E-state index contributed by atoms with van der Waals surface area (Å²) in [6.07, 6.45) is 2.17. The number of hydrogen-bond donors (Lipinski definition) is 3. The average Bonchev–Trinajstić information content (AvgIpc) is 3.44. The lowest BCUT2D eigenvalue weighted by atomic mass is 9.99. The van der Waals surface area contributed by atoms with Crippen molar-refractivity contribution in [1.82, 2.24) is 41.1 Å². The summed E-state index contributed by atoms with van der Waals surface area (Å²) in [5, 5.41) is 15.6. The van der Waals surface area contributed by atoms with Gasteiger partial charge in [-0.3, -0.25) is 20.5 Å². The van der Waals surface area contributed by atoms with Gasteiger partial charge in [0.2, 0.25) is 11.6 Å². The van der Waals surface area contributed by atoms with E-state index < -0.39 is 5.91 Å². The van der Waals surface area contributed by atoms with Crippen LogP contribution in [0.15, 0.2) is 35.5 Å². The number of nitrogens with zero attached hydrogens (tertiary/aromatic N) is 6. The summed E-state index contributed by atoms with van der Waals surface area (Å²) in [5.41, 5.74) is 13.3. The van der Waals surface area contributed by atoms with Crippen molar-refractivity contribution in [2.75, 3.05) is 25.9 Å². The van der Waals surface area contributed by atoms with E-state index in [4.69, 9.17) is 15.1 Å². The minimum Gasteiger partial charge on any atom is -0.497 e. The van der Waals surface area contributed by atoms with E-state index in [-0.39, 0.29) is 17.3 Å². The van der Waals surface area contributed by atoms with E-state index in [1.165, 1.54) is 4.68 Å². The van der Waals surface area contributed by atoms with Crippen molar-refractivity contribution in [1.29, 1.82) is 0 Å². The molecule has 0 spiro atoms. The van der Waals surface area contributed by atoms with E-state index in [1.54, 1.807) is 7.11 Å². The summed E-state index contributed by atoms with van der Waals surface area (Å²) in [4.78, 5) is 15.3. The second-order valence-corrected chi connectivity index (χ2v) is 8.01. The first kappa shape index (κ1) is 22.3. The Morgan fingerprint density at radius 1 is 1.24 bits per heavy atom. The topological polar surface area (TPSA) is 149 Å². The minimum atomic E-state index is -0.466. The molecule has 3 heterocycles. The van der Waals surface area contributed by atoms with Gasteiger partial charge in [0, 0.05) is 6.54 Å². The highest BCUT2D eigenvalue weighted by molar-refractivity contribution is 5.93. The van der Waals surface area contributed by atoms with Gasteiger partial charge in [-0.25, -0.2) is 4.63 Å². The number of likely N-dealkylation sites (tertiary alicyclic amines) is 1.